The molecule has 19 heteroatoms. The molecule has 516 valence electrons. The maximum absolute atomic E-state index is 15.3. The van der Waals surface area contributed by atoms with Gasteiger partial charge >= 0.3 is 24.0 Å². The highest BCUT2D eigenvalue weighted by Gasteiger charge is 2.73. The van der Waals surface area contributed by atoms with Crippen molar-refractivity contribution >= 4 is 39.2 Å². The van der Waals surface area contributed by atoms with Gasteiger partial charge in [0, 0.05) is 30.8 Å². The summed E-state index contributed by atoms with van der Waals surface area (Å²) >= 11 is 0. The Morgan fingerprint density at radius 2 is 1.07 bits per heavy atom. The van der Waals surface area contributed by atoms with Crippen LogP contribution in [0.15, 0.2) is 85.5 Å². The molecule has 0 unspecified atom stereocenters. The van der Waals surface area contributed by atoms with Gasteiger partial charge in [0.15, 0.2) is 33.3 Å². The van der Waals surface area contributed by atoms with E-state index >= 15 is 8.78 Å². The van der Waals surface area contributed by atoms with Crippen molar-refractivity contribution in [2.45, 2.75) is 290 Å². The second kappa shape index (κ2) is 34.7. The zero-order valence-corrected chi connectivity index (χ0v) is 64.1. The van der Waals surface area contributed by atoms with Gasteiger partial charge in [0.2, 0.25) is 0 Å². The van der Waals surface area contributed by atoms with Gasteiger partial charge in [0.05, 0.1) is 51.3 Å². The fourth-order valence-corrected chi connectivity index (χ4v) is 19.7. The highest BCUT2D eigenvalue weighted by molar-refractivity contribution is 6.76. The number of halogens is 7. The molecule has 0 heterocycles. The summed E-state index contributed by atoms with van der Waals surface area (Å²) < 4.78 is 147. The molecular weight excluding hydrogens is 1210 g/mol. The van der Waals surface area contributed by atoms with E-state index in [4.69, 9.17) is 31.9 Å². The van der Waals surface area contributed by atoms with Gasteiger partial charge in [-0.1, -0.05) is 199 Å². The first-order valence-electron chi connectivity index (χ1n) is 32.5. The molecule has 0 aliphatic rings. The van der Waals surface area contributed by atoms with Gasteiger partial charge in [-0.05, 0) is 132 Å². The third kappa shape index (κ3) is 25.2. The van der Waals surface area contributed by atoms with Gasteiger partial charge in [-0.15, -0.1) is 0 Å². The summed E-state index contributed by atoms with van der Waals surface area (Å²) in [6.07, 6.45) is 9.14. The maximum Gasteiger partial charge on any atom is 0.459 e. The minimum Gasteiger partial charge on any atom is -0.497 e. The number of carbonyl (C=O) groups excluding carboxylic acids is 1. The Morgan fingerprint density at radius 1 is 0.573 bits per heavy atom. The van der Waals surface area contributed by atoms with Crippen LogP contribution in [0.3, 0.4) is 0 Å². The Labute approximate surface area is 540 Å². The molecule has 0 spiro atoms. The van der Waals surface area contributed by atoms with Crippen molar-refractivity contribution in [3.63, 3.8) is 0 Å². The van der Waals surface area contributed by atoms with Crippen molar-refractivity contribution in [1.82, 2.24) is 0 Å². The van der Waals surface area contributed by atoms with Crippen LogP contribution in [-0.2, 0) is 38.6 Å². The Balaban J connectivity index is 4.11. The zero-order valence-electron chi connectivity index (χ0n) is 60.1. The fraction of sp³-hybridized carbons (Fsp3) is 0.757. The summed E-state index contributed by atoms with van der Waals surface area (Å²) in [5, 5.41) is -0.399. The normalized spacial score (nSPS) is 18.2. The van der Waals surface area contributed by atoms with Gasteiger partial charge in [-0.3, -0.25) is 0 Å². The molecule has 8 nitrogen and oxygen atoms in total. The van der Waals surface area contributed by atoms with E-state index < -0.39 is 98.9 Å². The first-order valence-corrected chi connectivity index (χ1v) is 43.5. The van der Waals surface area contributed by atoms with E-state index in [1.807, 2.05) is 37.3 Å². The molecule has 0 amide bonds. The number of ether oxygens (including phenoxy) is 3. The largest absolute Gasteiger partial charge is 0.497 e. The molecule has 0 bridgehead atoms. The summed E-state index contributed by atoms with van der Waals surface area (Å²) in [5.41, 5.74) is 0.105. The highest BCUT2D eigenvalue weighted by Crippen LogP contribution is 2.52. The van der Waals surface area contributed by atoms with Crippen LogP contribution in [0, 0.1) is 35.5 Å². The van der Waals surface area contributed by atoms with Gasteiger partial charge in [0.1, 0.15) is 5.75 Å². The van der Waals surface area contributed by atoms with Crippen molar-refractivity contribution in [1.29, 1.82) is 0 Å². The molecule has 1 aromatic carbocycles. The van der Waals surface area contributed by atoms with Gasteiger partial charge in [-0.25, -0.2) is 4.79 Å². The van der Waals surface area contributed by atoms with Gasteiger partial charge in [0.25, 0.3) is 0 Å². The second-order valence-corrected chi connectivity index (χ2v) is 50.1. The molecule has 89 heavy (non-hydrogen) atoms. The number of methoxy groups -OCH3 is 2. The summed E-state index contributed by atoms with van der Waals surface area (Å²) in [4.78, 5) is 12.1. The standard InChI is InChI=1S/C70H123F7O8Si4/c1-29-30-33-53(8)64(81-48-57-38-41-58(79-21)42-39-57)56(11)60(83-87(25,26)66(15,16)17)43-36-51(6)46-55(10)63(85-88(27,28)67(18,19)20)54(9)37-40-59(82-86(23,24)65(12,13)14)47-61(52(7)34-31-32-35-62(78)80-22)84-89(49(2)3,50(4)5)45-44-68(71,72)69(73,74)70(75,76)77/h29-35,37-42,49-56,59-61,63-64H,1,36,43-48H2,2-28H3/b33-30+,34-31+,35-32-,40-37?/t51-,52+,53-,54-,55-,56-,59+,60+,61-,63-,64-/m0/s1. The third-order valence-corrected chi connectivity index (χ3v) is 39.1. The monoisotopic (exact) mass is 1340 g/mol. The minimum atomic E-state index is -6.45. The summed E-state index contributed by atoms with van der Waals surface area (Å²) in [6.45, 7) is 58.0. The van der Waals surface area contributed by atoms with Crippen molar-refractivity contribution in [3.8, 4) is 5.75 Å². The first-order chi connectivity index (χ1) is 40.3. The number of benzene rings is 1. The van der Waals surface area contributed by atoms with E-state index in [1.54, 1.807) is 53.0 Å². The average Bonchev–Trinajstić information content (AvgIpc) is 0.813. The van der Waals surface area contributed by atoms with E-state index in [0.717, 1.165) is 30.6 Å². The molecule has 0 aliphatic carbocycles. The van der Waals surface area contributed by atoms with E-state index in [0.29, 0.717) is 6.61 Å². The molecule has 11 atom stereocenters. The van der Waals surface area contributed by atoms with E-state index in [9.17, 15) is 26.7 Å². The van der Waals surface area contributed by atoms with Crippen LogP contribution < -0.4 is 4.74 Å². The zero-order chi connectivity index (χ0) is 69.3. The summed E-state index contributed by atoms with van der Waals surface area (Å²) in [6, 6.07) is 7.33. The molecule has 0 aromatic heterocycles. The molecule has 0 radical (unpaired) electrons. The van der Waals surface area contributed by atoms with Crippen LogP contribution in [0.2, 0.25) is 71.5 Å². The fourth-order valence-electron chi connectivity index (χ4n) is 10.7. The van der Waals surface area contributed by atoms with Crippen molar-refractivity contribution in [2.75, 3.05) is 14.2 Å². The smallest absolute Gasteiger partial charge is 0.459 e. The third-order valence-electron chi connectivity index (χ3n) is 19.9. The van der Waals surface area contributed by atoms with Crippen LogP contribution in [0.1, 0.15) is 169 Å². The molecule has 1 rings (SSSR count). The Bertz CT molecular complexity index is 2380. The van der Waals surface area contributed by atoms with Crippen LogP contribution >= 0.6 is 0 Å². The predicted molar refractivity (Wildman–Crippen MR) is 366 cm³/mol. The number of carbonyl (C=O) groups is 1. The molecule has 1 aromatic rings. The topological polar surface area (TPSA) is 81.7 Å². The lowest BCUT2D eigenvalue weighted by molar-refractivity contribution is -0.354. The number of esters is 1. The lowest BCUT2D eigenvalue weighted by Gasteiger charge is -2.45. The number of allylic oxidation sites excluding steroid dienone is 4. The number of rotatable bonds is 38. The Kier molecular flexibility index (Phi) is 32.9. The quantitative estimate of drug-likeness (QED) is 0.0162. The number of hydrogen-bond donors (Lipinski definition) is 0. The Hall–Kier alpha value is -2.63. The van der Waals surface area contributed by atoms with E-state index in [1.165, 1.54) is 19.3 Å². The predicted octanol–water partition coefficient (Wildman–Crippen LogP) is 22.1. The lowest BCUT2D eigenvalue weighted by atomic mass is 9.82. The number of hydrogen-bond acceptors (Lipinski definition) is 8. The molecule has 0 aliphatic heterocycles. The summed E-state index contributed by atoms with van der Waals surface area (Å²) in [7, 11) is -8.08. The van der Waals surface area contributed by atoms with Crippen molar-refractivity contribution in [2.24, 2.45) is 35.5 Å². The lowest BCUT2D eigenvalue weighted by Crippen LogP contribution is -2.55. The first kappa shape index (κ1) is 84.4. The molecule has 0 saturated carbocycles. The van der Waals surface area contributed by atoms with E-state index in [2.05, 4.69) is 161 Å². The molecule has 0 N–H and O–H groups in total. The minimum absolute atomic E-state index is 0.0285. The van der Waals surface area contributed by atoms with Crippen LogP contribution in [0.4, 0.5) is 30.7 Å². The Morgan fingerprint density at radius 3 is 1.54 bits per heavy atom. The maximum atomic E-state index is 15.3. The van der Waals surface area contributed by atoms with Gasteiger partial charge < -0.3 is 31.9 Å². The summed E-state index contributed by atoms with van der Waals surface area (Å²) in [5.74, 6) is -11.6. The van der Waals surface area contributed by atoms with Crippen LogP contribution in [-0.4, -0.2) is 102 Å². The second-order valence-electron chi connectivity index (χ2n) is 30.8. The molecule has 0 fully saturated rings. The molecular formula is C70H123F7O8Si4. The van der Waals surface area contributed by atoms with Crippen LogP contribution in [0.5, 0.6) is 5.75 Å². The van der Waals surface area contributed by atoms with Crippen molar-refractivity contribution < 1.29 is 67.4 Å². The van der Waals surface area contributed by atoms with E-state index in [-0.39, 0.29) is 69.4 Å². The molecule has 0 saturated heterocycles. The number of alkyl halides is 7. The SMILES string of the molecule is C=C/C=C/[C@H](C)[C@H](OCc1ccc(OC)cc1)[C@@H](C)[C@@H](CC[C@H](C)C[C@H](C)[C@@H](O[Si](C)(C)C(C)(C)C)[C@@H](C)C=C[C@H](C[C@H](O[Si](CCC(F)(F)C(F)(F)C(F)(F)F)(C(C)C)C(C)C)[C@H](C)/C=C/C=C\C(=O)OC)O[Si](C)(C)C(C)(C)C)O[Si](C)(C)C(C)(C)C. The van der Waals surface area contributed by atoms with Crippen LogP contribution in [0.25, 0.3) is 0 Å². The highest BCUT2D eigenvalue weighted by atomic mass is 28.4. The average molecular weight is 1340 g/mol. The van der Waals surface area contributed by atoms with Gasteiger partial charge in [-0.2, -0.15) is 30.7 Å². The van der Waals surface area contributed by atoms with Crippen molar-refractivity contribution in [3.05, 3.63) is 91.1 Å².